The number of amides is 1. The number of carbonyl (C=O) groups excluding carboxylic acids is 1. The Bertz CT molecular complexity index is 728. The number of hydrogen-bond acceptors (Lipinski definition) is 5. The van der Waals surface area contributed by atoms with Gasteiger partial charge in [-0.25, -0.2) is 9.78 Å². The third-order valence-corrected chi connectivity index (χ3v) is 2.59. The highest BCUT2D eigenvalue weighted by Gasteiger charge is 2.16. The Morgan fingerprint density at radius 1 is 1.22 bits per heavy atom. The predicted molar refractivity (Wildman–Crippen MR) is 85.3 cm³/mol. The van der Waals surface area contributed by atoms with E-state index in [4.69, 9.17) is 14.7 Å². The first kappa shape index (κ1) is 16.3. The summed E-state index contributed by atoms with van der Waals surface area (Å²) in [6, 6.07) is 11.9. The molecule has 1 heterocycles. The number of carbonyl (C=O) groups is 1. The third-order valence-electron chi connectivity index (χ3n) is 2.59. The van der Waals surface area contributed by atoms with E-state index in [9.17, 15) is 4.79 Å². The van der Waals surface area contributed by atoms with E-state index in [0.29, 0.717) is 22.9 Å². The summed E-state index contributed by atoms with van der Waals surface area (Å²) in [6.07, 6.45) is 0.971. The molecule has 0 unspecified atom stereocenters. The smallest absolute Gasteiger partial charge is 0.412 e. The van der Waals surface area contributed by atoms with Gasteiger partial charge in [-0.05, 0) is 51.1 Å². The molecule has 0 saturated carbocycles. The second-order valence-electron chi connectivity index (χ2n) is 5.75. The van der Waals surface area contributed by atoms with Crippen LogP contribution in [0, 0.1) is 11.3 Å². The van der Waals surface area contributed by atoms with E-state index >= 15 is 0 Å². The third kappa shape index (κ3) is 5.32. The molecule has 1 N–H and O–H groups in total. The number of aromatic nitrogens is 1. The van der Waals surface area contributed by atoms with Crippen LogP contribution in [0.2, 0.25) is 0 Å². The van der Waals surface area contributed by atoms with Gasteiger partial charge in [-0.2, -0.15) is 5.26 Å². The molecule has 0 saturated heterocycles. The molecule has 0 aliphatic carbocycles. The van der Waals surface area contributed by atoms with Crippen LogP contribution in [0.5, 0.6) is 11.6 Å². The maximum atomic E-state index is 11.7. The molecule has 1 aromatic heterocycles. The van der Waals surface area contributed by atoms with Gasteiger partial charge in [-0.1, -0.05) is 0 Å². The zero-order valence-corrected chi connectivity index (χ0v) is 13.2. The van der Waals surface area contributed by atoms with Crippen LogP contribution < -0.4 is 10.1 Å². The van der Waals surface area contributed by atoms with Crippen molar-refractivity contribution in [2.75, 3.05) is 5.32 Å². The number of ether oxygens (including phenoxy) is 2. The van der Waals surface area contributed by atoms with Crippen molar-refractivity contribution < 1.29 is 14.3 Å². The first-order valence-electron chi connectivity index (χ1n) is 7.00. The Balaban J connectivity index is 2.04. The first-order chi connectivity index (χ1) is 10.9. The Morgan fingerprint density at radius 2 is 1.91 bits per heavy atom. The van der Waals surface area contributed by atoms with Crippen molar-refractivity contribution in [2.45, 2.75) is 26.4 Å². The van der Waals surface area contributed by atoms with E-state index < -0.39 is 11.7 Å². The quantitative estimate of drug-likeness (QED) is 0.922. The number of hydrogen-bond donors (Lipinski definition) is 1. The van der Waals surface area contributed by atoms with E-state index in [2.05, 4.69) is 10.3 Å². The van der Waals surface area contributed by atoms with Crippen molar-refractivity contribution in [1.82, 2.24) is 4.98 Å². The van der Waals surface area contributed by atoms with E-state index in [1.165, 1.54) is 6.20 Å². The van der Waals surface area contributed by atoms with Gasteiger partial charge in [-0.3, -0.25) is 5.32 Å². The van der Waals surface area contributed by atoms with Crippen molar-refractivity contribution in [3.8, 4) is 17.7 Å². The standard InChI is InChI=1S/C17H17N3O3/c1-17(2,3)23-16(21)20-13-8-9-19-15(10-13)22-14-6-4-12(11-18)5-7-14/h4-10H,1-3H3,(H,19,20,21). The number of nitrogens with zero attached hydrogens (tertiary/aromatic N) is 2. The van der Waals surface area contributed by atoms with Crippen LogP contribution in [0.25, 0.3) is 0 Å². The molecule has 6 nitrogen and oxygen atoms in total. The molecule has 2 rings (SSSR count). The molecule has 6 heteroatoms. The molecule has 0 radical (unpaired) electrons. The van der Waals surface area contributed by atoms with Crippen molar-refractivity contribution >= 4 is 11.8 Å². The average molecular weight is 311 g/mol. The monoisotopic (exact) mass is 311 g/mol. The summed E-state index contributed by atoms with van der Waals surface area (Å²) in [6.45, 7) is 5.37. The summed E-state index contributed by atoms with van der Waals surface area (Å²) >= 11 is 0. The fraction of sp³-hybridized carbons (Fsp3) is 0.235. The average Bonchev–Trinajstić information content (AvgIpc) is 2.46. The summed E-state index contributed by atoms with van der Waals surface area (Å²) in [4.78, 5) is 15.8. The highest BCUT2D eigenvalue weighted by Crippen LogP contribution is 2.22. The maximum absolute atomic E-state index is 11.7. The van der Waals surface area contributed by atoms with Crippen LogP contribution in [0.15, 0.2) is 42.6 Å². The molecule has 118 valence electrons. The van der Waals surface area contributed by atoms with Gasteiger partial charge in [0, 0.05) is 12.3 Å². The van der Waals surface area contributed by atoms with Crippen LogP contribution in [-0.4, -0.2) is 16.7 Å². The number of nitrogens with one attached hydrogen (secondary N) is 1. The zero-order chi connectivity index (χ0) is 16.9. The van der Waals surface area contributed by atoms with Gasteiger partial charge in [0.05, 0.1) is 17.3 Å². The SMILES string of the molecule is CC(C)(C)OC(=O)Nc1ccnc(Oc2ccc(C#N)cc2)c1. The minimum atomic E-state index is -0.571. The van der Waals surface area contributed by atoms with E-state index in [-0.39, 0.29) is 0 Å². The summed E-state index contributed by atoms with van der Waals surface area (Å²) in [5, 5.41) is 11.4. The number of pyridine rings is 1. The molecule has 1 aromatic carbocycles. The lowest BCUT2D eigenvalue weighted by molar-refractivity contribution is 0.0636. The van der Waals surface area contributed by atoms with Crippen LogP contribution in [0.4, 0.5) is 10.5 Å². The van der Waals surface area contributed by atoms with E-state index in [1.807, 2.05) is 6.07 Å². The lowest BCUT2D eigenvalue weighted by Crippen LogP contribution is -2.27. The normalized spacial score (nSPS) is 10.5. The largest absolute Gasteiger partial charge is 0.444 e. The predicted octanol–water partition coefficient (Wildman–Crippen LogP) is 4.09. The summed E-state index contributed by atoms with van der Waals surface area (Å²) < 4.78 is 10.8. The van der Waals surface area contributed by atoms with Crippen molar-refractivity contribution in [1.29, 1.82) is 5.26 Å². The highest BCUT2D eigenvalue weighted by molar-refractivity contribution is 5.84. The minimum absolute atomic E-state index is 0.322. The van der Waals surface area contributed by atoms with Gasteiger partial charge in [0.15, 0.2) is 0 Å². The van der Waals surface area contributed by atoms with Crippen LogP contribution in [-0.2, 0) is 4.74 Å². The van der Waals surface area contributed by atoms with Gasteiger partial charge >= 0.3 is 6.09 Å². The second kappa shape index (κ2) is 6.79. The van der Waals surface area contributed by atoms with E-state index in [0.717, 1.165) is 0 Å². The molecule has 2 aromatic rings. The van der Waals surface area contributed by atoms with Gasteiger partial charge in [0.25, 0.3) is 0 Å². The Labute approximate surface area is 134 Å². The molecule has 0 spiro atoms. The lowest BCUT2D eigenvalue weighted by Gasteiger charge is -2.19. The molecule has 0 bridgehead atoms. The van der Waals surface area contributed by atoms with Gasteiger partial charge < -0.3 is 9.47 Å². The fourth-order valence-electron chi connectivity index (χ4n) is 1.68. The zero-order valence-electron chi connectivity index (χ0n) is 13.2. The molecule has 0 aliphatic heterocycles. The van der Waals surface area contributed by atoms with Crippen LogP contribution in [0.3, 0.4) is 0 Å². The van der Waals surface area contributed by atoms with Crippen LogP contribution >= 0.6 is 0 Å². The number of anilines is 1. The second-order valence-corrected chi connectivity index (χ2v) is 5.75. The number of benzene rings is 1. The van der Waals surface area contributed by atoms with Crippen molar-refractivity contribution in [2.24, 2.45) is 0 Å². The lowest BCUT2D eigenvalue weighted by atomic mass is 10.2. The van der Waals surface area contributed by atoms with Crippen molar-refractivity contribution in [3.05, 3.63) is 48.2 Å². The Kier molecular flexibility index (Phi) is 4.82. The topological polar surface area (TPSA) is 84.2 Å². The summed E-state index contributed by atoms with van der Waals surface area (Å²) in [5.74, 6) is 0.870. The molecule has 0 atom stereocenters. The fourth-order valence-corrected chi connectivity index (χ4v) is 1.68. The Morgan fingerprint density at radius 3 is 2.52 bits per heavy atom. The molecule has 0 fully saturated rings. The van der Waals surface area contributed by atoms with Gasteiger partial charge in [0.2, 0.25) is 5.88 Å². The molecular formula is C17H17N3O3. The van der Waals surface area contributed by atoms with Gasteiger partial charge in [-0.15, -0.1) is 0 Å². The Hall–Kier alpha value is -3.07. The molecule has 1 amide bonds. The van der Waals surface area contributed by atoms with Crippen molar-refractivity contribution in [3.63, 3.8) is 0 Å². The van der Waals surface area contributed by atoms with E-state index in [1.54, 1.807) is 57.2 Å². The number of rotatable bonds is 3. The first-order valence-corrected chi connectivity index (χ1v) is 7.00. The molecule has 0 aliphatic rings. The summed E-state index contributed by atoms with van der Waals surface area (Å²) in [7, 11) is 0. The van der Waals surface area contributed by atoms with Gasteiger partial charge in [0.1, 0.15) is 11.4 Å². The van der Waals surface area contributed by atoms with Crippen LogP contribution in [0.1, 0.15) is 26.3 Å². The maximum Gasteiger partial charge on any atom is 0.412 e. The summed E-state index contributed by atoms with van der Waals surface area (Å²) in [5.41, 5.74) is 0.488. The molecular weight excluding hydrogens is 294 g/mol. The number of nitriles is 1. The molecule has 23 heavy (non-hydrogen) atoms. The minimum Gasteiger partial charge on any atom is -0.444 e. The highest BCUT2D eigenvalue weighted by atomic mass is 16.6.